The Morgan fingerprint density at radius 3 is 2.63 bits per heavy atom. The van der Waals surface area contributed by atoms with Crippen LogP contribution in [0.15, 0.2) is 59.2 Å². The molecule has 0 amide bonds. The topological polar surface area (TPSA) is 71.2 Å². The van der Waals surface area contributed by atoms with Gasteiger partial charge in [-0.2, -0.15) is 10.2 Å². The van der Waals surface area contributed by atoms with E-state index in [4.69, 9.17) is 14.6 Å². The van der Waals surface area contributed by atoms with Gasteiger partial charge in [-0.25, -0.2) is 9.48 Å². The van der Waals surface area contributed by atoms with E-state index in [9.17, 15) is 4.79 Å². The number of ether oxygens (including phenoxy) is 2. The maximum atomic E-state index is 12.5. The molecule has 0 aliphatic carbocycles. The highest BCUT2D eigenvalue weighted by atomic mass is 79.9. The van der Waals surface area contributed by atoms with E-state index in [0.29, 0.717) is 13.0 Å². The smallest absolute Gasteiger partial charge is 0.338 e. The van der Waals surface area contributed by atoms with E-state index in [1.807, 2.05) is 52.8 Å². The predicted molar refractivity (Wildman–Crippen MR) is 140 cm³/mol. The average Bonchev–Trinajstić information content (AvgIpc) is 3.47. The van der Waals surface area contributed by atoms with Gasteiger partial charge in [-0.1, -0.05) is 38.1 Å². The fourth-order valence-corrected chi connectivity index (χ4v) is 4.41. The first-order valence-corrected chi connectivity index (χ1v) is 12.8. The molecular formula is C27H31BrN4O3. The molecule has 0 aliphatic heterocycles. The van der Waals surface area contributed by atoms with Crippen LogP contribution in [0.4, 0.5) is 0 Å². The monoisotopic (exact) mass is 538 g/mol. The van der Waals surface area contributed by atoms with Gasteiger partial charge in [0, 0.05) is 22.0 Å². The van der Waals surface area contributed by atoms with Crippen molar-refractivity contribution in [3.05, 3.63) is 64.9 Å². The largest absolute Gasteiger partial charge is 0.464 e. The summed E-state index contributed by atoms with van der Waals surface area (Å²) in [6.07, 6.45) is 3.41. The molecular weight excluding hydrogens is 508 g/mol. The van der Waals surface area contributed by atoms with Crippen molar-refractivity contribution in [2.45, 2.75) is 59.3 Å². The number of hydrogen-bond donors (Lipinski definition) is 0. The second kappa shape index (κ2) is 10.7. The van der Waals surface area contributed by atoms with Gasteiger partial charge in [0.15, 0.2) is 5.60 Å². The maximum Gasteiger partial charge on any atom is 0.338 e. The number of halogens is 1. The number of benzene rings is 2. The maximum absolute atomic E-state index is 12.5. The molecule has 0 radical (unpaired) electrons. The number of fused-ring (bicyclic) bond motifs is 1. The summed E-state index contributed by atoms with van der Waals surface area (Å²) in [6, 6.07) is 16.3. The Morgan fingerprint density at radius 1 is 1.11 bits per heavy atom. The Labute approximate surface area is 214 Å². The van der Waals surface area contributed by atoms with Gasteiger partial charge in [0.05, 0.1) is 42.0 Å². The first kappa shape index (κ1) is 25.1. The number of para-hydroxylation sites is 1. The van der Waals surface area contributed by atoms with Crippen molar-refractivity contribution in [2.75, 3.05) is 6.61 Å². The molecule has 184 valence electrons. The van der Waals surface area contributed by atoms with Crippen LogP contribution in [0.25, 0.3) is 27.8 Å². The van der Waals surface area contributed by atoms with Crippen LogP contribution in [0.3, 0.4) is 0 Å². The van der Waals surface area contributed by atoms with Crippen molar-refractivity contribution in [1.29, 1.82) is 0 Å². The van der Waals surface area contributed by atoms with E-state index in [2.05, 4.69) is 46.2 Å². The third-order valence-corrected chi connectivity index (χ3v) is 6.81. The van der Waals surface area contributed by atoms with Gasteiger partial charge in [-0.05, 0) is 66.9 Å². The molecule has 0 unspecified atom stereocenters. The highest BCUT2D eigenvalue weighted by Gasteiger charge is 2.34. The van der Waals surface area contributed by atoms with Crippen LogP contribution in [0.1, 0.15) is 46.2 Å². The number of rotatable bonds is 10. The fourth-order valence-electron chi connectivity index (χ4n) is 3.96. The summed E-state index contributed by atoms with van der Waals surface area (Å²) in [5.74, 6) is -0.359. The van der Waals surface area contributed by atoms with Crippen molar-refractivity contribution in [3.63, 3.8) is 0 Å². The number of aryl methyl sites for hydroxylation is 1. The van der Waals surface area contributed by atoms with Crippen LogP contribution >= 0.6 is 15.9 Å². The van der Waals surface area contributed by atoms with Crippen LogP contribution in [0.2, 0.25) is 0 Å². The molecule has 0 saturated carbocycles. The Morgan fingerprint density at radius 2 is 1.91 bits per heavy atom. The molecule has 2 aromatic carbocycles. The predicted octanol–water partition coefficient (Wildman–Crippen LogP) is 6.31. The van der Waals surface area contributed by atoms with Gasteiger partial charge in [0.1, 0.15) is 0 Å². The van der Waals surface area contributed by atoms with E-state index in [0.717, 1.165) is 51.0 Å². The van der Waals surface area contributed by atoms with Gasteiger partial charge in [-0.15, -0.1) is 0 Å². The second-order valence-electron chi connectivity index (χ2n) is 8.62. The molecule has 2 heterocycles. The normalized spacial score (nSPS) is 13.2. The van der Waals surface area contributed by atoms with E-state index < -0.39 is 5.60 Å². The molecule has 7 nitrogen and oxygen atoms in total. The van der Waals surface area contributed by atoms with Crippen molar-refractivity contribution in [3.8, 4) is 16.9 Å². The van der Waals surface area contributed by atoms with Crippen molar-refractivity contribution >= 4 is 32.8 Å². The molecule has 0 bridgehead atoms. The second-order valence-corrected chi connectivity index (χ2v) is 9.47. The number of hydrogen-bond acceptors (Lipinski definition) is 5. The Balaban J connectivity index is 1.75. The van der Waals surface area contributed by atoms with Crippen molar-refractivity contribution in [2.24, 2.45) is 0 Å². The summed E-state index contributed by atoms with van der Waals surface area (Å²) in [7, 11) is 0. The van der Waals surface area contributed by atoms with Crippen LogP contribution in [-0.2, 0) is 27.4 Å². The zero-order valence-corrected chi connectivity index (χ0v) is 22.2. The number of nitrogens with zero attached hydrogens (tertiary/aromatic N) is 4. The third-order valence-electron chi connectivity index (χ3n) is 6.14. The summed E-state index contributed by atoms with van der Waals surface area (Å²) in [6.45, 7) is 8.98. The molecule has 0 N–H and O–H groups in total. The minimum Gasteiger partial charge on any atom is -0.464 e. The average molecular weight is 539 g/mol. The summed E-state index contributed by atoms with van der Waals surface area (Å²) >= 11 is 3.67. The number of aromatic nitrogens is 4. The summed E-state index contributed by atoms with van der Waals surface area (Å²) < 4.78 is 16.2. The molecule has 0 fully saturated rings. The summed E-state index contributed by atoms with van der Waals surface area (Å²) in [5.41, 5.74) is 3.65. The summed E-state index contributed by atoms with van der Waals surface area (Å²) in [4.78, 5) is 12.5. The third kappa shape index (κ3) is 5.18. The lowest BCUT2D eigenvalue weighted by molar-refractivity contribution is -0.172. The molecule has 35 heavy (non-hydrogen) atoms. The molecule has 2 aromatic heterocycles. The van der Waals surface area contributed by atoms with E-state index in [1.54, 1.807) is 13.8 Å². The molecule has 8 heteroatoms. The quantitative estimate of drug-likeness (QED) is 0.221. The minimum absolute atomic E-state index is 0.184. The molecule has 4 rings (SSSR count). The zero-order chi connectivity index (χ0) is 25.0. The van der Waals surface area contributed by atoms with E-state index in [-0.39, 0.29) is 12.6 Å². The molecule has 0 spiro atoms. The SMILES string of the molecule is CCCn1ncc2ccc(-c3cc(CO[C@](C)(CC)C(=O)OCC)nn3-c3ccccc3Br)cc21. The lowest BCUT2D eigenvalue weighted by Crippen LogP contribution is -2.39. The first-order chi connectivity index (χ1) is 16.9. The van der Waals surface area contributed by atoms with Crippen molar-refractivity contribution in [1.82, 2.24) is 19.6 Å². The van der Waals surface area contributed by atoms with Gasteiger partial charge in [0.2, 0.25) is 0 Å². The number of esters is 1. The molecule has 0 aliphatic rings. The van der Waals surface area contributed by atoms with Gasteiger partial charge in [0.25, 0.3) is 0 Å². The molecule has 0 saturated heterocycles. The Bertz CT molecular complexity index is 1330. The van der Waals surface area contributed by atoms with Gasteiger partial charge >= 0.3 is 5.97 Å². The van der Waals surface area contributed by atoms with E-state index in [1.165, 1.54) is 0 Å². The molecule has 1 atom stereocenters. The fraction of sp³-hybridized carbons (Fsp3) is 0.370. The zero-order valence-electron chi connectivity index (χ0n) is 20.6. The summed E-state index contributed by atoms with van der Waals surface area (Å²) in [5, 5.41) is 10.5. The van der Waals surface area contributed by atoms with Gasteiger partial charge < -0.3 is 9.47 Å². The van der Waals surface area contributed by atoms with Crippen molar-refractivity contribution < 1.29 is 14.3 Å². The first-order valence-electron chi connectivity index (χ1n) is 12.0. The standard InChI is InChI=1S/C27H31BrN4O3/c1-5-14-31-24-15-19(12-13-20(24)17-29-31)25-16-21(18-35-27(4,6-2)26(33)34-7-3)30-32(25)23-11-9-8-10-22(23)28/h8-13,15-17H,5-7,14,18H2,1-4H3/t27-/m1/s1. The van der Waals surface area contributed by atoms with Crippen LogP contribution in [-0.4, -0.2) is 37.7 Å². The highest BCUT2D eigenvalue weighted by Crippen LogP contribution is 2.31. The Hall–Kier alpha value is -2.97. The number of carbonyl (C=O) groups excluding carboxylic acids is 1. The lowest BCUT2D eigenvalue weighted by Gasteiger charge is -2.25. The number of carbonyl (C=O) groups is 1. The van der Waals surface area contributed by atoms with Crippen LogP contribution in [0.5, 0.6) is 0 Å². The van der Waals surface area contributed by atoms with E-state index >= 15 is 0 Å². The minimum atomic E-state index is -1.03. The van der Waals surface area contributed by atoms with Crippen LogP contribution in [0, 0.1) is 0 Å². The van der Waals surface area contributed by atoms with Crippen LogP contribution < -0.4 is 0 Å². The molecule has 4 aromatic rings. The van der Waals surface area contributed by atoms with Gasteiger partial charge in [-0.3, -0.25) is 4.68 Å². The highest BCUT2D eigenvalue weighted by molar-refractivity contribution is 9.10. The lowest BCUT2D eigenvalue weighted by atomic mass is 10.0. The Kier molecular flexibility index (Phi) is 7.72.